The van der Waals surface area contributed by atoms with E-state index in [-0.39, 0.29) is 23.7 Å². The number of rotatable bonds is 6. The lowest BCUT2D eigenvalue weighted by molar-refractivity contribution is -0.140. The van der Waals surface area contributed by atoms with Gasteiger partial charge in [-0.25, -0.2) is 9.69 Å². The largest absolute Gasteiger partial charge is 0.443 e. The number of benzene rings is 2. The van der Waals surface area contributed by atoms with Crippen LogP contribution in [0.5, 0.6) is 0 Å². The molecule has 1 unspecified atom stereocenters. The fraction of sp³-hybridized carbons (Fsp3) is 0.531. The van der Waals surface area contributed by atoms with E-state index in [1.165, 1.54) is 4.90 Å². The van der Waals surface area contributed by atoms with Gasteiger partial charge in [0, 0.05) is 23.4 Å². The molecule has 3 amide bonds. The Hall–Kier alpha value is -2.86. The van der Waals surface area contributed by atoms with Crippen molar-refractivity contribution in [2.75, 3.05) is 4.90 Å². The lowest BCUT2D eigenvalue weighted by Crippen LogP contribution is -2.65. The first-order valence-corrected chi connectivity index (χ1v) is 14.5. The third kappa shape index (κ3) is 5.32. The van der Waals surface area contributed by atoms with Crippen LogP contribution in [0.25, 0.3) is 0 Å². The van der Waals surface area contributed by atoms with Crippen molar-refractivity contribution in [1.82, 2.24) is 5.32 Å². The van der Waals surface area contributed by atoms with Gasteiger partial charge < -0.3 is 10.1 Å². The highest BCUT2D eigenvalue weighted by atomic mass is 35.5. The van der Waals surface area contributed by atoms with Gasteiger partial charge in [-0.15, -0.1) is 0 Å². The summed E-state index contributed by atoms with van der Waals surface area (Å²) in [6.45, 7) is 9.42. The van der Waals surface area contributed by atoms with Crippen molar-refractivity contribution in [3.63, 3.8) is 0 Å². The molecule has 0 bridgehead atoms. The van der Waals surface area contributed by atoms with Gasteiger partial charge in [0.25, 0.3) is 0 Å². The molecule has 1 aliphatic heterocycles. The van der Waals surface area contributed by atoms with Gasteiger partial charge in [-0.1, -0.05) is 42.8 Å². The van der Waals surface area contributed by atoms with E-state index in [4.69, 9.17) is 16.3 Å². The number of nitrogens with zero attached hydrogens (tertiary/aromatic N) is 1. The number of amides is 3. The zero-order valence-electron chi connectivity index (χ0n) is 23.6. The molecule has 1 N–H and O–H groups in total. The van der Waals surface area contributed by atoms with Crippen molar-refractivity contribution in [3.8, 4) is 0 Å². The Balaban J connectivity index is 1.67. The van der Waals surface area contributed by atoms with Gasteiger partial charge in [0.1, 0.15) is 5.60 Å². The lowest BCUT2D eigenvalue weighted by atomic mass is 9.59. The maximum Gasteiger partial charge on any atom is 0.421 e. The normalized spacial score (nSPS) is 25.9. The van der Waals surface area contributed by atoms with Gasteiger partial charge in [-0.2, -0.15) is 0 Å². The van der Waals surface area contributed by atoms with Crippen LogP contribution in [0.2, 0.25) is 5.02 Å². The Labute approximate surface area is 236 Å². The molecule has 3 aliphatic rings. The molecular formula is C32H39ClN2O4. The Morgan fingerprint density at radius 1 is 1.08 bits per heavy atom. The molecular weight excluding hydrogens is 512 g/mol. The summed E-state index contributed by atoms with van der Waals surface area (Å²) in [6.07, 6.45) is 4.29. The highest BCUT2D eigenvalue weighted by Crippen LogP contribution is 2.61. The van der Waals surface area contributed by atoms with Gasteiger partial charge in [-0.3, -0.25) is 9.59 Å². The summed E-state index contributed by atoms with van der Waals surface area (Å²) in [5, 5.41) is 3.76. The van der Waals surface area contributed by atoms with Crippen LogP contribution in [0, 0.1) is 10.8 Å². The Morgan fingerprint density at radius 2 is 1.74 bits per heavy atom. The van der Waals surface area contributed by atoms with Gasteiger partial charge in [0.2, 0.25) is 11.8 Å². The van der Waals surface area contributed by atoms with Gasteiger partial charge in [0.05, 0.1) is 11.1 Å². The highest BCUT2D eigenvalue weighted by molar-refractivity contribution is 6.30. The minimum atomic E-state index is -1.13. The second kappa shape index (κ2) is 9.96. The van der Waals surface area contributed by atoms with Crippen LogP contribution in [0.4, 0.5) is 10.5 Å². The lowest BCUT2D eigenvalue weighted by Gasteiger charge is -2.50. The first-order valence-electron chi connectivity index (χ1n) is 14.1. The molecule has 5 rings (SSSR count). The van der Waals surface area contributed by atoms with Crippen molar-refractivity contribution < 1.29 is 19.1 Å². The first-order chi connectivity index (χ1) is 18.4. The summed E-state index contributed by atoms with van der Waals surface area (Å²) in [6, 6.07) is 14.7. The molecule has 3 fully saturated rings. The Bertz CT molecular complexity index is 1290. The smallest absolute Gasteiger partial charge is 0.421 e. The third-order valence-corrected chi connectivity index (χ3v) is 9.13. The summed E-state index contributed by atoms with van der Waals surface area (Å²) in [5.74, 6) is -0.469. The molecule has 7 heteroatoms. The number of nitrogens with one attached hydrogen (secondary N) is 1. The highest BCUT2D eigenvalue weighted by Gasteiger charge is 2.64. The Morgan fingerprint density at radius 3 is 2.33 bits per heavy atom. The second-order valence-electron chi connectivity index (χ2n) is 12.8. The zero-order chi connectivity index (χ0) is 28.2. The average molecular weight is 551 g/mol. The molecule has 2 saturated carbocycles. The average Bonchev–Trinajstić information content (AvgIpc) is 3.79. The first kappa shape index (κ1) is 27.7. The van der Waals surface area contributed by atoms with Gasteiger partial charge in [0.15, 0.2) is 0 Å². The third-order valence-electron chi connectivity index (χ3n) is 8.90. The van der Waals surface area contributed by atoms with Crippen LogP contribution in [0.3, 0.4) is 0 Å². The minimum absolute atomic E-state index is 0.0884. The zero-order valence-corrected chi connectivity index (χ0v) is 24.3. The number of ether oxygens (including phenoxy) is 1. The molecule has 0 spiro atoms. The van der Waals surface area contributed by atoms with Gasteiger partial charge in [-0.05, 0) is 107 Å². The molecule has 3 atom stereocenters. The van der Waals surface area contributed by atoms with Crippen LogP contribution in [0.1, 0.15) is 96.1 Å². The summed E-state index contributed by atoms with van der Waals surface area (Å²) < 4.78 is 5.83. The molecule has 1 heterocycles. The number of anilines is 1. The number of halogens is 1. The number of hydrogen-bond acceptors (Lipinski definition) is 4. The SMILES string of the molecule is CCC1([C@H]2NC(=O)C[C@@H](c3cccc(Cl)c3)C2(C)C(=O)N(C(=O)OC(C)(C)C)c2cccc(C3CC3)c2)CC1. The van der Waals surface area contributed by atoms with E-state index in [2.05, 4.69) is 18.3 Å². The Kier molecular flexibility index (Phi) is 7.07. The molecule has 0 aromatic heterocycles. The molecule has 208 valence electrons. The molecule has 2 aromatic rings. The number of hydrogen-bond donors (Lipinski definition) is 1. The van der Waals surface area contributed by atoms with E-state index >= 15 is 4.79 Å². The molecule has 6 nitrogen and oxygen atoms in total. The van der Waals surface area contributed by atoms with E-state index < -0.39 is 29.1 Å². The van der Waals surface area contributed by atoms with Crippen molar-refractivity contribution >= 4 is 35.2 Å². The van der Waals surface area contributed by atoms with E-state index in [0.29, 0.717) is 16.6 Å². The van der Waals surface area contributed by atoms with Crippen LogP contribution in [-0.2, 0) is 14.3 Å². The summed E-state index contributed by atoms with van der Waals surface area (Å²) in [4.78, 5) is 43.3. The van der Waals surface area contributed by atoms with Crippen LogP contribution < -0.4 is 10.2 Å². The van der Waals surface area contributed by atoms with Gasteiger partial charge >= 0.3 is 6.09 Å². The summed E-state index contributed by atoms with van der Waals surface area (Å²) >= 11 is 6.40. The summed E-state index contributed by atoms with van der Waals surface area (Å²) in [5.41, 5.74) is 0.316. The molecule has 39 heavy (non-hydrogen) atoms. The number of carbonyl (C=O) groups excluding carboxylic acids is 3. The van der Waals surface area contributed by atoms with Crippen molar-refractivity contribution in [2.45, 2.75) is 96.6 Å². The minimum Gasteiger partial charge on any atom is -0.443 e. The molecule has 2 aliphatic carbocycles. The molecule has 1 saturated heterocycles. The standard InChI is InChI=1S/C32H39ClN2O4/c1-6-32(15-16-32)27-31(5,25(19-26(36)34-27)22-10-7-11-23(33)17-22)28(37)35(29(38)39-30(2,3)4)24-12-8-9-21(18-24)20-13-14-20/h7-12,17-18,20,25,27H,6,13-16,19H2,1-5H3,(H,34,36)/t25-,27-,31?/m0/s1. The quantitative estimate of drug-likeness (QED) is 0.408. The van der Waals surface area contributed by atoms with Crippen LogP contribution in [-0.4, -0.2) is 29.6 Å². The maximum atomic E-state index is 15.1. The number of imide groups is 1. The van der Waals surface area contributed by atoms with E-state index in [1.807, 2.05) is 37.3 Å². The van der Waals surface area contributed by atoms with Crippen molar-refractivity contribution in [1.29, 1.82) is 0 Å². The fourth-order valence-corrected chi connectivity index (χ4v) is 6.61. The monoisotopic (exact) mass is 550 g/mol. The fourth-order valence-electron chi connectivity index (χ4n) is 6.41. The molecule has 0 radical (unpaired) electrons. The van der Waals surface area contributed by atoms with E-state index in [9.17, 15) is 9.59 Å². The topological polar surface area (TPSA) is 75.7 Å². The van der Waals surface area contributed by atoms with Crippen molar-refractivity contribution in [2.24, 2.45) is 10.8 Å². The second-order valence-corrected chi connectivity index (χ2v) is 13.2. The number of piperidine rings is 1. The van der Waals surface area contributed by atoms with E-state index in [0.717, 1.165) is 43.2 Å². The van der Waals surface area contributed by atoms with Crippen LogP contribution >= 0.6 is 11.6 Å². The predicted molar refractivity (Wildman–Crippen MR) is 153 cm³/mol. The number of carbonyl (C=O) groups is 3. The van der Waals surface area contributed by atoms with E-state index in [1.54, 1.807) is 32.9 Å². The van der Waals surface area contributed by atoms with Crippen LogP contribution in [0.15, 0.2) is 48.5 Å². The van der Waals surface area contributed by atoms with Crippen molar-refractivity contribution in [3.05, 3.63) is 64.7 Å². The maximum absolute atomic E-state index is 15.1. The summed E-state index contributed by atoms with van der Waals surface area (Å²) in [7, 11) is 0. The predicted octanol–water partition coefficient (Wildman–Crippen LogP) is 7.35. The molecule has 2 aromatic carbocycles.